The molecule has 0 N–H and O–H groups in total. The number of nitrogens with zero attached hydrogens (tertiary/aromatic N) is 1. The van der Waals surface area contributed by atoms with Crippen molar-refractivity contribution in [1.82, 2.24) is 4.90 Å². The average molecular weight is 511 g/mol. The highest BCUT2D eigenvalue weighted by atomic mass is 79.9. The highest BCUT2D eigenvalue weighted by Crippen LogP contribution is 2.17. The molecular formula is C29H52BrNO. The number of halogens is 1. The van der Waals surface area contributed by atoms with Gasteiger partial charge in [0.05, 0.1) is 0 Å². The van der Waals surface area contributed by atoms with Gasteiger partial charge in [0.1, 0.15) is 0 Å². The van der Waals surface area contributed by atoms with E-state index in [1.165, 1.54) is 107 Å². The lowest BCUT2D eigenvalue weighted by Gasteiger charge is -2.14. The van der Waals surface area contributed by atoms with Crippen LogP contribution in [0.2, 0.25) is 0 Å². The van der Waals surface area contributed by atoms with Crippen molar-refractivity contribution in [2.24, 2.45) is 0 Å². The van der Waals surface area contributed by atoms with Gasteiger partial charge in [0.2, 0.25) is 5.91 Å². The van der Waals surface area contributed by atoms with Gasteiger partial charge in [0.25, 0.3) is 0 Å². The molecule has 0 radical (unpaired) electrons. The molecule has 0 bridgehead atoms. The van der Waals surface area contributed by atoms with Crippen LogP contribution in [0.15, 0.2) is 22.7 Å². The van der Waals surface area contributed by atoms with Crippen LogP contribution in [-0.2, 0) is 4.79 Å². The molecule has 0 atom stereocenters. The molecule has 0 aromatic carbocycles. The second-order valence-corrected chi connectivity index (χ2v) is 10.7. The Hall–Kier alpha value is -0.570. The van der Waals surface area contributed by atoms with Crippen LogP contribution < -0.4 is 0 Å². The van der Waals surface area contributed by atoms with E-state index < -0.39 is 0 Å². The zero-order valence-electron chi connectivity index (χ0n) is 21.2. The fraction of sp³-hybridized carbons (Fsp3) is 0.828. The summed E-state index contributed by atoms with van der Waals surface area (Å²) in [5.41, 5.74) is 0. The molecule has 1 amide bonds. The first-order chi connectivity index (χ1) is 15.7. The fourth-order valence-electron chi connectivity index (χ4n) is 4.48. The molecule has 0 saturated carbocycles. The van der Waals surface area contributed by atoms with Crippen molar-refractivity contribution in [3.8, 4) is 0 Å². The number of rotatable bonds is 21. The number of unbranched alkanes of at least 4 members (excludes halogenated alkanes) is 14. The minimum Gasteiger partial charge on any atom is -0.343 e. The van der Waals surface area contributed by atoms with E-state index in [-0.39, 0.29) is 0 Å². The van der Waals surface area contributed by atoms with Crippen LogP contribution in [0.25, 0.3) is 0 Å². The van der Waals surface area contributed by atoms with E-state index in [9.17, 15) is 4.79 Å². The van der Waals surface area contributed by atoms with E-state index in [1.807, 2.05) is 4.90 Å². The van der Waals surface area contributed by atoms with Gasteiger partial charge in [-0.15, -0.1) is 0 Å². The van der Waals surface area contributed by atoms with Gasteiger partial charge in [0, 0.05) is 19.5 Å². The third-order valence-corrected chi connectivity index (χ3v) is 7.33. The summed E-state index contributed by atoms with van der Waals surface area (Å²) in [6.45, 7) is 4.24. The lowest BCUT2D eigenvalue weighted by atomic mass is 10.0. The third kappa shape index (κ3) is 17.9. The van der Waals surface area contributed by atoms with Crippen LogP contribution in [0.1, 0.15) is 142 Å². The highest BCUT2D eigenvalue weighted by Gasteiger charge is 2.16. The zero-order chi connectivity index (χ0) is 23.1. The Morgan fingerprint density at radius 3 is 1.81 bits per heavy atom. The lowest BCUT2D eigenvalue weighted by molar-refractivity contribution is -0.130. The minimum atomic E-state index is 0.350. The van der Waals surface area contributed by atoms with Crippen molar-refractivity contribution < 1.29 is 4.79 Å². The van der Waals surface area contributed by atoms with Gasteiger partial charge in [-0.05, 0) is 55.8 Å². The average Bonchev–Trinajstić information content (AvgIpc) is 3.34. The van der Waals surface area contributed by atoms with E-state index in [2.05, 4.69) is 41.1 Å². The van der Waals surface area contributed by atoms with E-state index in [4.69, 9.17) is 0 Å². The number of likely N-dealkylation sites (tertiary alicyclic amines) is 1. The number of hydrogen-bond acceptors (Lipinski definition) is 1. The molecule has 1 aliphatic heterocycles. The van der Waals surface area contributed by atoms with Crippen molar-refractivity contribution in [1.29, 1.82) is 0 Å². The van der Waals surface area contributed by atoms with Gasteiger partial charge in [-0.3, -0.25) is 4.79 Å². The van der Waals surface area contributed by atoms with Crippen molar-refractivity contribution >= 4 is 21.8 Å². The molecule has 1 rings (SSSR count). The maximum absolute atomic E-state index is 12.0. The van der Waals surface area contributed by atoms with Gasteiger partial charge < -0.3 is 4.90 Å². The normalized spacial score (nSPS) is 14.7. The summed E-state index contributed by atoms with van der Waals surface area (Å²) in [6.07, 6.45) is 34.0. The molecular weight excluding hydrogens is 458 g/mol. The number of carbonyl (C=O) groups excluding carboxylic acids is 1. The molecule has 186 valence electrons. The topological polar surface area (TPSA) is 20.3 Å². The highest BCUT2D eigenvalue weighted by molar-refractivity contribution is 9.11. The van der Waals surface area contributed by atoms with Gasteiger partial charge >= 0.3 is 0 Å². The molecule has 1 fully saturated rings. The molecule has 0 unspecified atom stereocenters. The predicted octanol–water partition coefficient (Wildman–Crippen LogP) is 9.88. The number of carbonyl (C=O) groups is 1. The Labute approximate surface area is 208 Å². The second kappa shape index (κ2) is 22.2. The molecule has 0 aromatic heterocycles. The standard InChI is InChI=1S/C29H52BrNO/c1-2-3-4-5-6-7-8-9-10-11-12-13-14-15-16-17-18-23-28(30)24-19-20-25-29(32)31-26-21-22-27-31/h16-17,24H,2-15,18-23,25-27H2,1H3/b17-16-,28-24+. The molecule has 0 aliphatic carbocycles. The summed E-state index contributed by atoms with van der Waals surface area (Å²) in [7, 11) is 0. The summed E-state index contributed by atoms with van der Waals surface area (Å²) in [6, 6.07) is 0. The molecule has 1 aliphatic rings. The lowest BCUT2D eigenvalue weighted by Crippen LogP contribution is -2.27. The first-order valence-electron chi connectivity index (χ1n) is 14.0. The van der Waals surface area contributed by atoms with Crippen LogP contribution in [0.4, 0.5) is 0 Å². The Kier molecular flexibility index (Phi) is 20.5. The molecule has 0 aromatic rings. The van der Waals surface area contributed by atoms with Crippen molar-refractivity contribution in [2.45, 2.75) is 142 Å². The molecule has 1 heterocycles. The first-order valence-corrected chi connectivity index (χ1v) is 14.8. The molecule has 3 heteroatoms. The van der Waals surface area contributed by atoms with Gasteiger partial charge in [-0.1, -0.05) is 118 Å². The van der Waals surface area contributed by atoms with Crippen molar-refractivity contribution in [2.75, 3.05) is 13.1 Å². The third-order valence-electron chi connectivity index (χ3n) is 6.61. The van der Waals surface area contributed by atoms with Gasteiger partial charge in [-0.25, -0.2) is 0 Å². The van der Waals surface area contributed by atoms with Crippen molar-refractivity contribution in [3.05, 3.63) is 22.7 Å². The molecule has 1 saturated heterocycles. The van der Waals surface area contributed by atoms with E-state index in [1.54, 1.807) is 0 Å². The monoisotopic (exact) mass is 509 g/mol. The Morgan fingerprint density at radius 2 is 1.22 bits per heavy atom. The van der Waals surface area contributed by atoms with Gasteiger partial charge in [0.15, 0.2) is 0 Å². The number of amides is 1. The molecule has 32 heavy (non-hydrogen) atoms. The van der Waals surface area contributed by atoms with Crippen LogP contribution >= 0.6 is 15.9 Å². The van der Waals surface area contributed by atoms with Crippen molar-refractivity contribution in [3.63, 3.8) is 0 Å². The van der Waals surface area contributed by atoms with E-state index in [0.29, 0.717) is 12.3 Å². The van der Waals surface area contributed by atoms with Crippen LogP contribution in [-0.4, -0.2) is 23.9 Å². The maximum Gasteiger partial charge on any atom is 0.222 e. The fourth-order valence-corrected chi connectivity index (χ4v) is 4.93. The second-order valence-electron chi connectivity index (χ2n) is 9.67. The van der Waals surface area contributed by atoms with E-state index in [0.717, 1.165) is 38.8 Å². The summed E-state index contributed by atoms with van der Waals surface area (Å²) < 4.78 is 1.29. The number of hydrogen-bond donors (Lipinski definition) is 0. The predicted molar refractivity (Wildman–Crippen MR) is 145 cm³/mol. The van der Waals surface area contributed by atoms with Crippen LogP contribution in [0, 0.1) is 0 Å². The van der Waals surface area contributed by atoms with Gasteiger partial charge in [-0.2, -0.15) is 0 Å². The molecule has 0 spiro atoms. The smallest absolute Gasteiger partial charge is 0.222 e. The summed E-state index contributed by atoms with van der Waals surface area (Å²) in [5, 5.41) is 0. The minimum absolute atomic E-state index is 0.350. The summed E-state index contributed by atoms with van der Waals surface area (Å²) >= 11 is 3.69. The first kappa shape index (κ1) is 29.5. The SMILES string of the molecule is CCCCCCCCCCCCCCC/C=C\CC/C(Br)=C\CCCC(=O)N1CCCC1. The van der Waals surface area contributed by atoms with Crippen LogP contribution in [0.5, 0.6) is 0 Å². The number of allylic oxidation sites excluding steroid dienone is 4. The molecule has 2 nitrogen and oxygen atoms in total. The quantitative estimate of drug-likeness (QED) is 0.111. The zero-order valence-corrected chi connectivity index (χ0v) is 22.8. The summed E-state index contributed by atoms with van der Waals surface area (Å²) in [5.74, 6) is 0.350. The van der Waals surface area contributed by atoms with E-state index >= 15 is 0 Å². The Bertz CT molecular complexity index is 493. The maximum atomic E-state index is 12.0. The largest absolute Gasteiger partial charge is 0.343 e. The summed E-state index contributed by atoms with van der Waals surface area (Å²) in [4.78, 5) is 14.0. The Balaban J connectivity index is 1.82. The van der Waals surface area contributed by atoms with Crippen LogP contribution in [0.3, 0.4) is 0 Å². The Morgan fingerprint density at radius 1 is 0.688 bits per heavy atom.